The summed E-state index contributed by atoms with van der Waals surface area (Å²) < 4.78 is 20.4. The van der Waals surface area contributed by atoms with E-state index in [-0.39, 0.29) is 53.3 Å². The number of benzene rings is 1. The molecule has 1 fully saturated rings. The third kappa shape index (κ3) is 5.64. The molecular formula is C31H35ClFN5O6. The van der Waals surface area contributed by atoms with Crippen LogP contribution in [0.15, 0.2) is 36.5 Å². The number of aliphatic hydroxyl groups excluding tert-OH is 1. The largest absolute Gasteiger partial charge is 0.507 e. The normalized spacial score (nSPS) is 17.9. The molecule has 4 heterocycles. The molecule has 2 amide bonds. The van der Waals surface area contributed by atoms with E-state index >= 15 is 4.39 Å². The number of aliphatic hydroxyl groups is 2. The minimum Gasteiger partial charge on any atom is -0.507 e. The lowest BCUT2D eigenvalue weighted by molar-refractivity contribution is -0.128. The first-order chi connectivity index (χ1) is 20.5. The Bertz CT molecular complexity index is 1620. The molecule has 1 atom stereocenters. The average Bonchev–Trinajstić information content (AvgIpc) is 2.90. The summed E-state index contributed by atoms with van der Waals surface area (Å²) in [6.07, 6.45) is -0.768. The van der Waals surface area contributed by atoms with Crippen LogP contribution < -0.4 is 9.80 Å². The fourth-order valence-electron chi connectivity index (χ4n) is 5.46. The van der Waals surface area contributed by atoms with E-state index in [1.165, 1.54) is 32.9 Å². The first kappa shape index (κ1) is 31.4. The van der Waals surface area contributed by atoms with Crippen molar-refractivity contribution in [2.75, 3.05) is 29.4 Å². The minimum absolute atomic E-state index is 0.00715. The second-order valence-electron chi connectivity index (χ2n) is 12.5. The molecule has 234 valence electrons. The molecule has 13 heteroatoms. The van der Waals surface area contributed by atoms with E-state index in [1.807, 2.05) is 13.8 Å². The minimum atomic E-state index is -1.78. The van der Waals surface area contributed by atoms with Crippen molar-refractivity contribution >= 4 is 40.8 Å². The Morgan fingerprint density at radius 1 is 1.25 bits per heavy atom. The van der Waals surface area contributed by atoms with Gasteiger partial charge >= 0.3 is 6.09 Å². The maximum absolute atomic E-state index is 15.0. The van der Waals surface area contributed by atoms with Crippen LogP contribution in [-0.2, 0) is 9.53 Å². The fraction of sp³-hybridized carbons (Fsp3) is 0.419. The molecule has 0 radical (unpaired) electrons. The van der Waals surface area contributed by atoms with Crippen molar-refractivity contribution in [2.45, 2.75) is 64.9 Å². The number of aryl methyl sites for hydroxylation is 1. The number of hydrogen-bond donors (Lipinski definition) is 3. The molecule has 0 saturated carbocycles. The molecule has 0 aliphatic carbocycles. The van der Waals surface area contributed by atoms with E-state index in [1.54, 1.807) is 40.0 Å². The third-order valence-electron chi connectivity index (χ3n) is 7.43. The van der Waals surface area contributed by atoms with Crippen molar-refractivity contribution in [1.29, 1.82) is 0 Å². The summed E-state index contributed by atoms with van der Waals surface area (Å²) in [7, 11) is 0. The third-order valence-corrected chi connectivity index (χ3v) is 7.72. The molecule has 1 saturated heterocycles. The Labute approximate surface area is 259 Å². The summed E-state index contributed by atoms with van der Waals surface area (Å²) in [5, 5.41) is 33.3. The number of phenols is 1. The van der Waals surface area contributed by atoms with Gasteiger partial charge in [-0.25, -0.2) is 14.2 Å². The molecule has 0 spiro atoms. The van der Waals surface area contributed by atoms with Crippen LogP contribution in [0.4, 0.5) is 26.4 Å². The van der Waals surface area contributed by atoms with Crippen LogP contribution in [0.2, 0.25) is 5.02 Å². The van der Waals surface area contributed by atoms with Crippen molar-refractivity contribution in [3.05, 3.63) is 58.6 Å². The maximum atomic E-state index is 15.0. The number of aromatic hydroxyl groups is 1. The number of amides is 2. The van der Waals surface area contributed by atoms with Gasteiger partial charge in [0, 0.05) is 6.20 Å². The van der Waals surface area contributed by atoms with Crippen molar-refractivity contribution in [3.63, 3.8) is 0 Å². The Kier molecular flexibility index (Phi) is 7.98. The predicted octanol–water partition coefficient (Wildman–Crippen LogP) is 4.86. The standard InChI is InChI=1S/C31H35ClFN5O6/c1-16(2)23-25(17(3)10-11-34-23)38-26-20(12-18(32)24(35-26)22-19(33)8-7-9-21(22)39)37(27(40)28(38)41)15-31(43)13-36(14-31)29(42)44-30(4,5)6/h7-12,16,27,39-40,43H,13-15H2,1-6H3. The zero-order valence-electron chi connectivity index (χ0n) is 25.3. The fourth-order valence-corrected chi connectivity index (χ4v) is 5.70. The van der Waals surface area contributed by atoms with Crippen LogP contribution in [0, 0.1) is 12.7 Å². The van der Waals surface area contributed by atoms with E-state index in [9.17, 15) is 24.9 Å². The molecule has 2 aromatic heterocycles. The second-order valence-corrected chi connectivity index (χ2v) is 13.0. The van der Waals surface area contributed by atoms with Crippen LogP contribution in [0.3, 0.4) is 0 Å². The SMILES string of the molecule is Cc1ccnc(C(C)C)c1N1C(=O)C(O)N(CC2(O)CN(C(=O)OC(C)(C)C)C2)c2cc(Cl)c(-c3c(O)cccc3F)nc21. The number of carbonyl (C=O) groups excluding carboxylic acids is 2. The molecule has 11 nitrogen and oxygen atoms in total. The Hall–Kier alpha value is -4.00. The Morgan fingerprint density at radius 2 is 1.93 bits per heavy atom. The lowest BCUT2D eigenvalue weighted by Gasteiger charge is -2.50. The van der Waals surface area contributed by atoms with Crippen LogP contribution >= 0.6 is 11.6 Å². The van der Waals surface area contributed by atoms with E-state index in [4.69, 9.17) is 16.3 Å². The molecule has 2 aliphatic rings. The van der Waals surface area contributed by atoms with Crippen molar-refractivity contribution < 1.29 is 34.0 Å². The maximum Gasteiger partial charge on any atom is 0.410 e. The van der Waals surface area contributed by atoms with Gasteiger partial charge in [-0.1, -0.05) is 31.5 Å². The van der Waals surface area contributed by atoms with Gasteiger partial charge in [-0.2, -0.15) is 0 Å². The molecule has 44 heavy (non-hydrogen) atoms. The summed E-state index contributed by atoms with van der Waals surface area (Å²) in [4.78, 5) is 39.5. The molecule has 5 rings (SSSR count). The van der Waals surface area contributed by atoms with Gasteiger partial charge in [-0.15, -0.1) is 0 Å². The van der Waals surface area contributed by atoms with Gasteiger partial charge in [0.15, 0.2) is 5.82 Å². The summed E-state index contributed by atoms with van der Waals surface area (Å²) in [6.45, 7) is 10.3. The Morgan fingerprint density at radius 3 is 2.55 bits per heavy atom. The molecule has 0 bridgehead atoms. The van der Waals surface area contributed by atoms with Gasteiger partial charge in [-0.3, -0.25) is 14.7 Å². The highest BCUT2D eigenvalue weighted by atomic mass is 35.5. The van der Waals surface area contributed by atoms with Gasteiger partial charge in [0.05, 0.1) is 53.0 Å². The number of aromatic nitrogens is 2. The van der Waals surface area contributed by atoms with Crippen molar-refractivity contribution in [3.8, 4) is 17.0 Å². The van der Waals surface area contributed by atoms with E-state index in [0.29, 0.717) is 16.9 Å². The molecule has 3 aromatic rings. The van der Waals surface area contributed by atoms with Gasteiger partial charge in [0.25, 0.3) is 5.91 Å². The van der Waals surface area contributed by atoms with Gasteiger partial charge in [-0.05, 0) is 63.4 Å². The van der Waals surface area contributed by atoms with E-state index in [0.717, 1.165) is 6.07 Å². The number of fused-ring (bicyclic) bond motifs is 1. The predicted molar refractivity (Wildman–Crippen MR) is 163 cm³/mol. The quantitative estimate of drug-likeness (QED) is 0.362. The average molecular weight is 628 g/mol. The number of anilines is 3. The summed E-state index contributed by atoms with van der Waals surface area (Å²) in [5.74, 6) is -2.12. The number of pyridine rings is 2. The number of ether oxygens (including phenoxy) is 1. The Balaban J connectivity index is 1.63. The van der Waals surface area contributed by atoms with Gasteiger partial charge < -0.3 is 29.9 Å². The number of hydrogen-bond acceptors (Lipinski definition) is 9. The molecule has 2 aliphatic heterocycles. The topological polar surface area (TPSA) is 140 Å². The number of carbonyl (C=O) groups is 2. The number of β-amino-alcohol motifs (C(OH)–C–C–N with tert-alkyl or cyclic N) is 1. The smallest absolute Gasteiger partial charge is 0.410 e. The van der Waals surface area contributed by atoms with E-state index < -0.39 is 41.0 Å². The summed E-state index contributed by atoms with van der Waals surface area (Å²) >= 11 is 6.64. The van der Waals surface area contributed by atoms with Crippen LogP contribution in [0.1, 0.15) is 51.8 Å². The highest BCUT2D eigenvalue weighted by molar-refractivity contribution is 6.33. The van der Waals surface area contributed by atoms with E-state index in [2.05, 4.69) is 9.97 Å². The number of halogens is 2. The summed E-state index contributed by atoms with van der Waals surface area (Å²) in [5.41, 5.74) is -0.837. The molecule has 1 unspecified atom stereocenters. The number of likely N-dealkylation sites (tertiary alicyclic amines) is 1. The van der Waals surface area contributed by atoms with Crippen LogP contribution in [-0.4, -0.2) is 79.3 Å². The lowest BCUT2D eigenvalue weighted by atomic mass is 9.93. The molecule has 3 N–H and O–H groups in total. The van der Waals surface area contributed by atoms with Crippen LogP contribution in [0.5, 0.6) is 5.75 Å². The highest BCUT2D eigenvalue weighted by Crippen LogP contribution is 2.47. The number of nitrogens with zero attached hydrogens (tertiary/aromatic N) is 5. The first-order valence-corrected chi connectivity index (χ1v) is 14.5. The molecular weight excluding hydrogens is 593 g/mol. The first-order valence-electron chi connectivity index (χ1n) is 14.1. The zero-order chi connectivity index (χ0) is 32.3. The molecule has 1 aromatic carbocycles. The zero-order valence-corrected chi connectivity index (χ0v) is 26.1. The lowest BCUT2D eigenvalue weighted by Crippen LogP contribution is -2.70. The highest BCUT2D eigenvalue weighted by Gasteiger charge is 2.50. The number of phenolic OH excluding ortho intramolecular Hbond substituents is 1. The van der Waals surface area contributed by atoms with Crippen molar-refractivity contribution in [1.82, 2.24) is 14.9 Å². The monoisotopic (exact) mass is 627 g/mol. The van der Waals surface area contributed by atoms with Gasteiger partial charge in [0.1, 0.15) is 22.8 Å². The number of rotatable bonds is 5. The van der Waals surface area contributed by atoms with Crippen molar-refractivity contribution in [2.24, 2.45) is 0 Å². The van der Waals surface area contributed by atoms with Crippen LogP contribution in [0.25, 0.3) is 11.3 Å². The van der Waals surface area contributed by atoms with Gasteiger partial charge in [0.2, 0.25) is 6.23 Å². The summed E-state index contributed by atoms with van der Waals surface area (Å²) in [6, 6.07) is 6.90. The second kappa shape index (κ2) is 11.2.